The first-order valence-corrected chi connectivity index (χ1v) is 19.2. The number of hydrogen-bond acceptors (Lipinski definition) is 4. The molecule has 0 N–H and O–H groups in total. The van der Waals surface area contributed by atoms with Crippen molar-refractivity contribution in [2.24, 2.45) is 0 Å². The lowest BCUT2D eigenvalue weighted by atomic mass is 9.86. The Morgan fingerprint density at radius 1 is 0.444 bits per heavy atom. The zero-order valence-electron chi connectivity index (χ0n) is 30.3. The summed E-state index contributed by atoms with van der Waals surface area (Å²) in [4.78, 5) is 15.6. The Morgan fingerprint density at radius 3 is 1.78 bits per heavy atom. The van der Waals surface area contributed by atoms with Gasteiger partial charge in [-0.1, -0.05) is 154 Å². The first kappa shape index (κ1) is 32.2. The van der Waals surface area contributed by atoms with E-state index < -0.39 is 0 Å². The molecule has 0 saturated carbocycles. The molecule has 0 unspecified atom stereocenters. The molecule has 5 heteroatoms. The lowest BCUT2D eigenvalue weighted by Gasteiger charge is -2.20. The van der Waals surface area contributed by atoms with Gasteiger partial charge in [0.25, 0.3) is 0 Å². The molecule has 0 saturated heterocycles. The smallest absolute Gasteiger partial charge is 0.166 e. The van der Waals surface area contributed by atoms with Crippen LogP contribution < -0.4 is 0 Å². The van der Waals surface area contributed by atoms with Gasteiger partial charge in [-0.15, -0.1) is 11.3 Å². The molecule has 10 rings (SSSR count). The van der Waals surface area contributed by atoms with E-state index in [2.05, 4.69) is 153 Å². The SMILES string of the molecule is CC(C)(C)c1ccc2c3ccccc3n(-c3ccc(-c4cccc5c4sc4ccccc45)cc3-c3nc(-c4ccccc4)nc(-c4ccccc4)n3)c2c1. The lowest BCUT2D eigenvalue weighted by Crippen LogP contribution is -2.11. The quantitative estimate of drug-likeness (QED) is 0.178. The standard InChI is InChI=1S/C49H36N4S/c1-49(2,3)34-26-27-37-36-19-10-12-23-41(36)53(43(37)30-34)42-28-25-33(35-21-14-22-39-38-20-11-13-24-44(38)54-45(35)39)29-40(42)48-51-46(31-15-6-4-7-16-31)50-47(52-48)32-17-8-5-9-18-32/h4-30H,1-3H3. The van der Waals surface area contributed by atoms with E-state index in [0.717, 1.165) is 39.0 Å². The largest absolute Gasteiger partial charge is 0.308 e. The van der Waals surface area contributed by atoms with Crippen molar-refractivity contribution < 1.29 is 0 Å². The van der Waals surface area contributed by atoms with Crippen LogP contribution in [0.4, 0.5) is 0 Å². The molecule has 54 heavy (non-hydrogen) atoms. The van der Waals surface area contributed by atoms with Gasteiger partial charge in [0.1, 0.15) is 0 Å². The van der Waals surface area contributed by atoms with Crippen molar-refractivity contribution in [2.75, 3.05) is 0 Å². The topological polar surface area (TPSA) is 43.6 Å². The predicted octanol–water partition coefficient (Wildman–Crippen LogP) is 13.3. The van der Waals surface area contributed by atoms with Crippen LogP contribution in [0.15, 0.2) is 164 Å². The van der Waals surface area contributed by atoms with Crippen LogP contribution in [0.25, 0.3) is 93.0 Å². The molecule has 3 heterocycles. The Morgan fingerprint density at radius 2 is 1.06 bits per heavy atom. The van der Waals surface area contributed by atoms with E-state index in [4.69, 9.17) is 15.0 Å². The molecule has 258 valence electrons. The summed E-state index contributed by atoms with van der Waals surface area (Å²) in [6.45, 7) is 6.82. The van der Waals surface area contributed by atoms with E-state index in [1.165, 1.54) is 42.1 Å². The molecule has 0 amide bonds. The van der Waals surface area contributed by atoms with Crippen LogP contribution in [0.2, 0.25) is 0 Å². The van der Waals surface area contributed by atoms with Gasteiger partial charge in [0.05, 0.1) is 16.7 Å². The number of thiophene rings is 1. The highest BCUT2D eigenvalue weighted by Crippen LogP contribution is 2.43. The van der Waals surface area contributed by atoms with Crippen molar-refractivity contribution in [3.05, 3.63) is 169 Å². The number of nitrogens with zero attached hydrogens (tertiary/aromatic N) is 4. The third kappa shape index (κ3) is 5.39. The lowest BCUT2D eigenvalue weighted by molar-refractivity contribution is 0.591. The number of aromatic nitrogens is 4. The van der Waals surface area contributed by atoms with Crippen LogP contribution in [0, 0.1) is 0 Å². The summed E-state index contributed by atoms with van der Waals surface area (Å²) in [5.41, 5.74) is 9.71. The monoisotopic (exact) mass is 712 g/mol. The van der Waals surface area contributed by atoms with E-state index in [-0.39, 0.29) is 5.41 Å². The highest BCUT2D eigenvalue weighted by atomic mass is 32.1. The van der Waals surface area contributed by atoms with Gasteiger partial charge in [0, 0.05) is 47.6 Å². The summed E-state index contributed by atoms with van der Waals surface area (Å²) in [6.07, 6.45) is 0. The van der Waals surface area contributed by atoms with Crippen LogP contribution >= 0.6 is 11.3 Å². The van der Waals surface area contributed by atoms with E-state index in [0.29, 0.717) is 17.5 Å². The Hall–Kier alpha value is -6.43. The van der Waals surface area contributed by atoms with Gasteiger partial charge < -0.3 is 4.57 Å². The number of rotatable bonds is 5. The zero-order valence-corrected chi connectivity index (χ0v) is 31.1. The van der Waals surface area contributed by atoms with Crippen molar-refractivity contribution in [3.8, 4) is 51.0 Å². The Kier molecular flexibility index (Phi) is 7.53. The molecule has 0 aliphatic rings. The fraction of sp³-hybridized carbons (Fsp3) is 0.0816. The number of hydrogen-bond donors (Lipinski definition) is 0. The minimum atomic E-state index is -0.0194. The Bertz CT molecular complexity index is 2970. The van der Waals surface area contributed by atoms with Crippen LogP contribution in [0.1, 0.15) is 26.3 Å². The van der Waals surface area contributed by atoms with Gasteiger partial charge in [-0.2, -0.15) is 0 Å². The first-order valence-electron chi connectivity index (χ1n) is 18.4. The van der Waals surface area contributed by atoms with Crippen molar-refractivity contribution in [2.45, 2.75) is 26.2 Å². The summed E-state index contributed by atoms with van der Waals surface area (Å²) < 4.78 is 4.97. The second kappa shape index (κ2) is 12.6. The molecule has 0 bridgehead atoms. The maximum atomic E-state index is 5.29. The molecule has 0 atom stereocenters. The van der Waals surface area contributed by atoms with Crippen LogP contribution in [-0.2, 0) is 5.41 Å². The molecule has 0 radical (unpaired) electrons. The van der Waals surface area contributed by atoms with E-state index in [1.54, 1.807) is 0 Å². The van der Waals surface area contributed by atoms with E-state index >= 15 is 0 Å². The Labute approximate surface area is 318 Å². The summed E-state index contributed by atoms with van der Waals surface area (Å²) >= 11 is 1.85. The second-order valence-electron chi connectivity index (χ2n) is 14.9. The highest BCUT2D eigenvalue weighted by Gasteiger charge is 2.23. The molecule has 0 aliphatic heterocycles. The van der Waals surface area contributed by atoms with Crippen molar-refractivity contribution >= 4 is 53.3 Å². The first-order chi connectivity index (χ1) is 26.4. The molecular formula is C49H36N4S. The molecular weight excluding hydrogens is 677 g/mol. The maximum Gasteiger partial charge on any atom is 0.166 e. The molecule has 7 aromatic carbocycles. The molecule has 3 aromatic heterocycles. The van der Waals surface area contributed by atoms with Gasteiger partial charge in [-0.25, -0.2) is 15.0 Å². The molecule has 0 fully saturated rings. The fourth-order valence-corrected chi connectivity index (χ4v) is 8.92. The van der Waals surface area contributed by atoms with Crippen LogP contribution in [-0.4, -0.2) is 19.5 Å². The summed E-state index contributed by atoms with van der Waals surface area (Å²) in [5.74, 6) is 1.90. The molecule has 0 spiro atoms. The average Bonchev–Trinajstić information content (AvgIpc) is 3.76. The van der Waals surface area contributed by atoms with E-state index in [9.17, 15) is 0 Å². The summed E-state index contributed by atoms with van der Waals surface area (Å²) in [7, 11) is 0. The van der Waals surface area contributed by atoms with Crippen LogP contribution in [0.3, 0.4) is 0 Å². The number of fused-ring (bicyclic) bond motifs is 6. The van der Waals surface area contributed by atoms with Gasteiger partial charge in [-0.05, 0) is 52.4 Å². The summed E-state index contributed by atoms with van der Waals surface area (Å²) in [5, 5.41) is 4.99. The van der Waals surface area contributed by atoms with Gasteiger partial charge in [-0.3, -0.25) is 0 Å². The fourth-order valence-electron chi connectivity index (χ4n) is 7.68. The minimum absolute atomic E-state index is 0.0194. The van der Waals surface area contributed by atoms with Crippen molar-refractivity contribution in [1.82, 2.24) is 19.5 Å². The molecule has 0 aliphatic carbocycles. The molecule has 10 aromatic rings. The maximum absolute atomic E-state index is 5.29. The minimum Gasteiger partial charge on any atom is -0.308 e. The van der Waals surface area contributed by atoms with Gasteiger partial charge in [0.2, 0.25) is 0 Å². The normalized spacial score (nSPS) is 12.0. The number of para-hydroxylation sites is 1. The average molecular weight is 713 g/mol. The number of benzene rings is 7. The zero-order chi connectivity index (χ0) is 36.4. The van der Waals surface area contributed by atoms with Gasteiger partial charge >= 0.3 is 0 Å². The van der Waals surface area contributed by atoms with Crippen molar-refractivity contribution in [3.63, 3.8) is 0 Å². The van der Waals surface area contributed by atoms with Gasteiger partial charge in [0.15, 0.2) is 17.5 Å². The third-order valence-corrected chi connectivity index (χ3v) is 11.7. The molecule has 4 nitrogen and oxygen atoms in total. The highest BCUT2D eigenvalue weighted by molar-refractivity contribution is 7.26. The summed E-state index contributed by atoms with van der Waals surface area (Å²) in [6, 6.07) is 58.2. The predicted molar refractivity (Wildman–Crippen MR) is 227 cm³/mol. The van der Waals surface area contributed by atoms with Crippen molar-refractivity contribution in [1.29, 1.82) is 0 Å². The van der Waals surface area contributed by atoms with Crippen LogP contribution in [0.5, 0.6) is 0 Å². The second-order valence-corrected chi connectivity index (χ2v) is 15.9. The third-order valence-electron chi connectivity index (χ3n) is 10.4. The Balaban J connectivity index is 1.31. The van der Waals surface area contributed by atoms with E-state index in [1.807, 2.05) is 47.7 Å².